The number of nitrogens with one attached hydrogen (secondary N) is 1. The van der Waals surface area contributed by atoms with Crippen LogP contribution in [0.25, 0.3) is 0 Å². The molecule has 1 saturated heterocycles. The molecule has 25 heavy (non-hydrogen) atoms. The Labute approximate surface area is 151 Å². The van der Waals surface area contributed by atoms with Crippen molar-refractivity contribution in [3.05, 3.63) is 41.3 Å². The van der Waals surface area contributed by atoms with Gasteiger partial charge in [-0.05, 0) is 50.1 Å². The number of thiophene rings is 1. The van der Waals surface area contributed by atoms with Crippen LogP contribution in [0.15, 0.2) is 39.9 Å². The smallest absolute Gasteiger partial charge is 0.271 e. The lowest BCUT2D eigenvalue weighted by atomic mass is 10.3. The van der Waals surface area contributed by atoms with E-state index in [0.717, 1.165) is 37.3 Å². The first-order valence-electron chi connectivity index (χ1n) is 8.13. The SMILES string of the molecule is CCOc1ccc(NS(=O)(=O)c2cc(C(=O)N3CCCC3)cs2)cc1. The van der Waals surface area contributed by atoms with Gasteiger partial charge in [-0.2, -0.15) is 0 Å². The van der Waals surface area contributed by atoms with Gasteiger partial charge in [-0.3, -0.25) is 9.52 Å². The van der Waals surface area contributed by atoms with Crippen LogP contribution < -0.4 is 9.46 Å². The molecule has 2 aromatic rings. The maximum Gasteiger partial charge on any atom is 0.271 e. The third-order valence-corrected chi connectivity index (χ3v) is 6.72. The van der Waals surface area contributed by atoms with Crippen molar-refractivity contribution in [2.45, 2.75) is 24.0 Å². The Balaban J connectivity index is 1.72. The molecule has 6 nitrogen and oxygen atoms in total. The van der Waals surface area contributed by atoms with E-state index in [2.05, 4.69) is 4.72 Å². The van der Waals surface area contributed by atoms with E-state index in [4.69, 9.17) is 4.74 Å². The molecule has 0 unspecified atom stereocenters. The summed E-state index contributed by atoms with van der Waals surface area (Å²) in [6, 6.07) is 8.15. The molecule has 2 heterocycles. The number of rotatable bonds is 6. The van der Waals surface area contributed by atoms with Gasteiger partial charge in [0.15, 0.2) is 0 Å². The molecule has 1 aliphatic heterocycles. The van der Waals surface area contributed by atoms with Crippen molar-refractivity contribution in [3.8, 4) is 5.75 Å². The first kappa shape index (κ1) is 17.8. The van der Waals surface area contributed by atoms with Crippen LogP contribution in [0.3, 0.4) is 0 Å². The first-order chi connectivity index (χ1) is 12.0. The van der Waals surface area contributed by atoms with Crippen LogP contribution >= 0.6 is 11.3 Å². The van der Waals surface area contributed by atoms with Crippen LogP contribution in [0.1, 0.15) is 30.1 Å². The van der Waals surface area contributed by atoms with E-state index in [1.54, 1.807) is 34.5 Å². The molecule has 0 radical (unpaired) electrons. The molecule has 1 aliphatic rings. The van der Waals surface area contributed by atoms with E-state index in [0.29, 0.717) is 23.6 Å². The molecule has 134 valence electrons. The zero-order valence-electron chi connectivity index (χ0n) is 13.9. The monoisotopic (exact) mass is 380 g/mol. The number of hydrogen-bond acceptors (Lipinski definition) is 5. The molecule has 8 heteroatoms. The molecule has 1 aromatic heterocycles. The van der Waals surface area contributed by atoms with Crippen LogP contribution in [-0.2, 0) is 10.0 Å². The van der Waals surface area contributed by atoms with E-state index < -0.39 is 10.0 Å². The van der Waals surface area contributed by atoms with Crippen molar-refractivity contribution in [1.29, 1.82) is 0 Å². The lowest BCUT2D eigenvalue weighted by Gasteiger charge is -2.13. The van der Waals surface area contributed by atoms with E-state index in [1.807, 2.05) is 6.92 Å². The Bertz CT molecular complexity index is 838. The number of sulfonamides is 1. The molecule has 0 spiro atoms. The number of ether oxygens (including phenoxy) is 1. The molecule has 1 N–H and O–H groups in total. The number of hydrogen-bond donors (Lipinski definition) is 1. The third-order valence-electron chi connectivity index (χ3n) is 3.90. The minimum atomic E-state index is -3.72. The fourth-order valence-corrected chi connectivity index (χ4v) is 4.88. The summed E-state index contributed by atoms with van der Waals surface area (Å²) in [5.41, 5.74) is 0.878. The molecule has 0 bridgehead atoms. The molecule has 0 saturated carbocycles. The van der Waals surface area contributed by atoms with Crippen LogP contribution in [0, 0.1) is 0 Å². The Morgan fingerprint density at radius 3 is 2.56 bits per heavy atom. The zero-order valence-corrected chi connectivity index (χ0v) is 15.5. The van der Waals surface area contributed by atoms with E-state index in [-0.39, 0.29) is 10.1 Å². The zero-order chi connectivity index (χ0) is 17.9. The van der Waals surface area contributed by atoms with Crippen molar-refractivity contribution in [3.63, 3.8) is 0 Å². The predicted molar refractivity (Wildman–Crippen MR) is 97.9 cm³/mol. The topological polar surface area (TPSA) is 75.7 Å². The minimum absolute atomic E-state index is 0.101. The minimum Gasteiger partial charge on any atom is -0.494 e. The van der Waals surface area contributed by atoms with Crippen molar-refractivity contribution >= 4 is 33.0 Å². The van der Waals surface area contributed by atoms with E-state index in [1.165, 1.54) is 6.07 Å². The second-order valence-corrected chi connectivity index (χ2v) is 8.54. The molecule has 1 fully saturated rings. The normalized spacial score (nSPS) is 14.5. The predicted octanol–water partition coefficient (Wildman–Crippen LogP) is 3.18. The van der Waals surface area contributed by atoms with Gasteiger partial charge < -0.3 is 9.64 Å². The van der Waals surface area contributed by atoms with Crippen LogP contribution in [-0.4, -0.2) is 38.9 Å². The Kier molecular flexibility index (Phi) is 5.29. The van der Waals surface area contributed by atoms with Crippen LogP contribution in [0.5, 0.6) is 5.75 Å². The quantitative estimate of drug-likeness (QED) is 0.835. The second kappa shape index (κ2) is 7.45. The van der Waals surface area contributed by atoms with Gasteiger partial charge in [-0.25, -0.2) is 8.42 Å². The number of carbonyl (C=O) groups is 1. The van der Waals surface area contributed by atoms with Crippen LogP contribution in [0.4, 0.5) is 5.69 Å². The maximum absolute atomic E-state index is 12.5. The molecular formula is C17H20N2O4S2. The number of nitrogens with zero attached hydrogens (tertiary/aromatic N) is 1. The number of benzene rings is 1. The van der Waals surface area contributed by atoms with E-state index in [9.17, 15) is 13.2 Å². The van der Waals surface area contributed by atoms with Gasteiger partial charge in [-0.15, -0.1) is 11.3 Å². The summed E-state index contributed by atoms with van der Waals surface area (Å²) in [5, 5.41) is 1.60. The fourth-order valence-electron chi connectivity index (χ4n) is 2.66. The number of amides is 1. The summed E-state index contributed by atoms with van der Waals surface area (Å²) in [7, 11) is -3.72. The first-order valence-corrected chi connectivity index (χ1v) is 10.5. The average Bonchev–Trinajstić information content (AvgIpc) is 3.28. The Morgan fingerprint density at radius 2 is 1.92 bits per heavy atom. The molecule has 0 atom stereocenters. The molecule has 1 amide bonds. The molecule has 3 rings (SSSR count). The number of likely N-dealkylation sites (tertiary alicyclic amines) is 1. The second-order valence-electron chi connectivity index (χ2n) is 5.72. The fraction of sp³-hybridized carbons (Fsp3) is 0.353. The highest BCUT2D eigenvalue weighted by atomic mass is 32.2. The summed E-state index contributed by atoms with van der Waals surface area (Å²) in [5.74, 6) is 0.580. The van der Waals surface area contributed by atoms with E-state index >= 15 is 0 Å². The largest absolute Gasteiger partial charge is 0.494 e. The van der Waals surface area contributed by atoms with Crippen molar-refractivity contribution < 1.29 is 17.9 Å². The third kappa shape index (κ3) is 4.13. The van der Waals surface area contributed by atoms with Gasteiger partial charge >= 0.3 is 0 Å². The Morgan fingerprint density at radius 1 is 1.24 bits per heavy atom. The summed E-state index contributed by atoms with van der Waals surface area (Å²) < 4.78 is 33.0. The standard InChI is InChI=1S/C17H20N2O4S2/c1-2-23-15-7-5-14(6-8-15)18-25(21,22)16-11-13(12-24-16)17(20)19-9-3-4-10-19/h5-8,11-12,18H,2-4,9-10H2,1H3. The molecular weight excluding hydrogens is 360 g/mol. The van der Waals surface area contributed by atoms with Gasteiger partial charge in [0.1, 0.15) is 9.96 Å². The summed E-state index contributed by atoms with van der Waals surface area (Å²) in [6.45, 7) is 3.91. The van der Waals surface area contributed by atoms with Gasteiger partial charge in [0, 0.05) is 24.2 Å². The lowest BCUT2D eigenvalue weighted by Crippen LogP contribution is -2.27. The average molecular weight is 380 g/mol. The number of carbonyl (C=O) groups excluding carboxylic acids is 1. The van der Waals surface area contributed by atoms with Gasteiger partial charge in [-0.1, -0.05) is 0 Å². The maximum atomic E-state index is 12.5. The van der Waals surface area contributed by atoms with Gasteiger partial charge in [0.05, 0.1) is 12.2 Å². The van der Waals surface area contributed by atoms with Crippen molar-refractivity contribution in [2.24, 2.45) is 0 Å². The summed E-state index contributed by atoms with van der Waals surface area (Å²) >= 11 is 1.05. The number of anilines is 1. The highest BCUT2D eigenvalue weighted by Gasteiger charge is 2.23. The Hall–Kier alpha value is -2.06. The van der Waals surface area contributed by atoms with Gasteiger partial charge in [0.25, 0.3) is 15.9 Å². The highest BCUT2D eigenvalue weighted by Crippen LogP contribution is 2.25. The van der Waals surface area contributed by atoms with Crippen LogP contribution in [0.2, 0.25) is 0 Å². The van der Waals surface area contributed by atoms with Crippen molar-refractivity contribution in [1.82, 2.24) is 4.90 Å². The van der Waals surface area contributed by atoms with Gasteiger partial charge in [0.2, 0.25) is 0 Å². The molecule has 1 aromatic carbocycles. The highest BCUT2D eigenvalue weighted by molar-refractivity contribution is 7.94. The lowest BCUT2D eigenvalue weighted by molar-refractivity contribution is 0.0793. The summed E-state index contributed by atoms with van der Waals surface area (Å²) in [6.07, 6.45) is 2.00. The van der Waals surface area contributed by atoms with Crippen molar-refractivity contribution in [2.75, 3.05) is 24.4 Å². The summed E-state index contributed by atoms with van der Waals surface area (Å²) in [4.78, 5) is 14.1. The molecule has 0 aliphatic carbocycles.